The zero-order chi connectivity index (χ0) is 17.1. The van der Waals surface area contributed by atoms with Crippen molar-refractivity contribution in [1.82, 2.24) is 0 Å². The average Bonchev–Trinajstić information content (AvgIpc) is 2.57. The van der Waals surface area contributed by atoms with E-state index in [0.29, 0.717) is 0 Å². The average molecular weight is 496 g/mol. The number of halogens is 2. The van der Waals surface area contributed by atoms with E-state index in [1.54, 1.807) is 4.90 Å². The highest BCUT2D eigenvalue weighted by molar-refractivity contribution is 14.1. The molecule has 0 bridgehead atoms. The predicted octanol–water partition coefficient (Wildman–Crippen LogP) is 2.76. The van der Waals surface area contributed by atoms with Crippen LogP contribution < -0.4 is 4.90 Å². The molecule has 0 spiro atoms. The van der Waals surface area contributed by atoms with Gasteiger partial charge in [0.15, 0.2) is 0 Å². The highest BCUT2D eigenvalue weighted by Gasteiger charge is 2.33. The predicted molar refractivity (Wildman–Crippen MR) is 96.0 cm³/mol. The number of rotatable bonds is 3. The van der Waals surface area contributed by atoms with E-state index >= 15 is 0 Å². The lowest BCUT2D eigenvalue weighted by Gasteiger charge is -2.32. The van der Waals surface area contributed by atoms with Gasteiger partial charge in [0.2, 0.25) is 0 Å². The summed E-state index contributed by atoms with van der Waals surface area (Å²) in [5.41, 5.74) is 2.07. The fourth-order valence-electron chi connectivity index (χ4n) is 2.19. The number of hydrogen-bond donors (Lipinski definition) is 0. The van der Waals surface area contributed by atoms with Gasteiger partial charge in [0, 0.05) is 8.04 Å². The molecule has 0 saturated carbocycles. The highest BCUT2D eigenvalue weighted by Crippen LogP contribution is 2.34. The fourth-order valence-corrected chi connectivity index (χ4v) is 3.65. The van der Waals surface area contributed by atoms with Gasteiger partial charge in [-0.2, -0.15) is 0 Å². The minimum Gasteiger partial charge on any atom is -0.466 e. The van der Waals surface area contributed by atoms with Crippen LogP contribution in [-0.2, 0) is 23.8 Å². The first-order valence-electron chi connectivity index (χ1n) is 6.62. The van der Waals surface area contributed by atoms with Gasteiger partial charge < -0.3 is 19.1 Å². The second-order valence-corrected chi connectivity index (χ2v) is 6.65. The summed E-state index contributed by atoms with van der Waals surface area (Å²) in [6.07, 6.45) is 0. The Morgan fingerprint density at radius 2 is 1.91 bits per heavy atom. The molecule has 0 aromatic heterocycles. The number of methoxy groups -OCH3 is 2. The van der Waals surface area contributed by atoms with Crippen molar-refractivity contribution in [2.45, 2.75) is 6.92 Å². The van der Waals surface area contributed by atoms with E-state index in [2.05, 4.69) is 38.5 Å². The number of ether oxygens (including phenoxy) is 3. The van der Waals surface area contributed by atoms with Crippen molar-refractivity contribution in [2.75, 3.05) is 32.5 Å². The van der Waals surface area contributed by atoms with E-state index in [4.69, 9.17) is 14.2 Å². The van der Waals surface area contributed by atoms with Crippen molar-refractivity contribution in [3.05, 3.63) is 37.0 Å². The maximum atomic E-state index is 12.2. The van der Waals surface area contributed by atoms with Crippen molar-refractivity contribution in [2.24, 2.45) is 0 Å². The van der Waals surface area contributed by atoms with Crippen LogP contribution in [0.5, 0.6) is 0 Å². The molecule has 1 aromatic carbocycles. The molecule has 1 aromatic rings. The van der Waals surface area contributed by atoms with Gasteiger partial charge in [-0.25, -0.2) is 9.59 Å². The van der Waals surface area contributed by atoms with E-state index in [9.17, 15) is 9.59 Å². The van der Waals surface area contributed by atoms with Crippen LogP contribution in [0.3, 0.4) is 0 Å². The molecule has 0 atom stereocenters. The van der Waals surface area contributed by atoms with Gasteiger partial charge >= 0.3 is 11.9 Å². The van der Waals surface area contributed by atoms with Crippen LogP contribution in [0.4, 0.5) is 5.69 Å². The molecule has 0 N–H and O–H groups in total. The van der Waals surface area contributed by atoms with Crippen molar-refractivity contribution < 1.29 is 23.8 Å². The molecule has 1 heterocycles. The maximum absolute atomic E-state index is 12.2. The molecule has 6 nitrogen and oxygen atoms in total. The molecular formula is C15H15BrINO5. The van der Waals surface area contributed by atoms with Gasteiger partial charge in [-0.05, 0) is 47.2 Å². The van der Waals surface area contributed by atoms with Crippen LogP contribution in [0.2, 0.25) is 0 Å². The maximum Gasteiger partial charge on any atom is 0.355 e. The lowest BCUT2D eigenvalue weighted by Crippen LogP contribution is -2.39. The second kappa shape index (κ2) is 7.63. The van der Waals surface area contributed by atoms with Gasteiger partial charge in [-0.1, -0.05) is 15.9 Å². The summed E-state index contributed by atoms with van der Waals surface area (Å²) in [5, 5.41) is 0. The van der Waals surface area contributed by atoms with Gasteiger partial charge in [0.05, 0.1) is 32.1 Å². The number of nitrogens with zero attached hydrogens (tertiary/aromatic N) is 1. The monoisotopic (exact) mass is 495 g/mol. The van der Waals surface area contributed by atoms with Crippen LogP contribution in [0.1, 0.15) is 5.56 Å². The third kappa shape index (κ3) is 3.53. The molecule has 1 aliphatic rings. The quantitative estimate of drug-likeness (QED) is 0.474. The largest absolute Gasteiger partial charge is 0.466 e. The number of anilines is 1. The van der Waals surface area contributed by atoms with Crippen LogP contribution in [-0.4, -0.2) is 39.5 Å². The van der Waals surface area contributed by atoms with E-state index in [-0.39, 0.29) is 24.6 Å². The number of carbonyl (C=O) groups is 2. The molecule has 0 aliphatic carbocycles. The van der Waals surface area contributed by atoms with E-state index in [1.807, 2.05) is 19.1 Å². The van der Waals surface area contributed by atoms with Crippen LogP contribution in [0.25, 0.3) is 0 Å². The standard InChI is InChI=1S/C15H15BrINO5/c1-8-10(16)4-5-11(12(8)17)18-7-23-6-9(14(19)21-2)13(18)15(20)22-3/h4-5H,6-7H2,1-3H3. The summed E-state index contributed by atoms with van der Waals surface area (Å²) < 4.78 is 17.0. The number of carbonyl (C=O) groups excluding carboxylic acids is 2. The Balaban J connectivity index is 2.62. The van der Waals surface area contributed by atoms with Crippen molar-refractivity contribution >= 4 is 56.1 Å². The highest BCUT2D eigenvalue weighted by atomic mass is 127. The molecule has 23 heavy (non-hydrogen) atoms. The molecule has 0 radical (unpaired) electrons. The molecule has 1 aliphatic heterocycles. The molecule has 8 heteroatoms. The Bertz CT molecular complexity index is 689. The van der Waals surface area contributed by atoms with Gasteiger partial charge in [-0.15, -0.1) is 0 Å². The Morgan fingerprint density at radius 1 is 1.26 bits per heavy atom. The van der Waals surface area contributed by atoms with Gasteiger partial charge in [0.25, 0.3) is 0 Å². The second-order valence-electron chi connectivity index (χ2n) is 4.72. The normalized spacial score (nSPS) is 14.7. The Morgan fingerprint density at radius 3 is 2.52 bits per heavy atom. The summed E-state index contributed by atoms with van der Waals surface area (Å²) in [7, 11) is 2.53. The third-order valence-electron chi connectivity index (χ3n) is 3.42. The zero-order valence-electron chi connectivity index (χ0n) is 12.8. The SMILES string of the molecule is COC(=O)C1=C(C(=O)OC)N(c2ccc(Br)c(C)c2I)COC1. The number of esters is 2. The molecule has 0 saturated heterocycles. The summed E-state index contributed by atoms with van der Waals surface area (Å²) in [6.45, 7) is 2.10. The molecule has 124 valence electrons. The molecular weight excluding hydrogens is 481 g/mol. The lowest BCUT2D eigenvalue weighted by molar-refractivity contribution is -0.140. The first-order chi connectivity index (χ1) is 10.9. The Labute approximate surface area is 156 Å². The topological polar surface area (TPSA) is 65.1 Å². The van der Waals surface area contributed by atoms with Gasteiger partial charge in [-0.3, -0.25) is 0 Å². The van der Waals surface area contributed by atoms with Crippen LogP contribution in [0, 0.1) is 10.5 Å². The van der Waals surface area contributed by atoms with Crippen LogP contribution >= 0.6 is 38.5 Å². The van der Waals surface area contributed by atoms with Gasteiger partial charge in [0.1, 0.15) is 12.4 Å². The Kier molecular flexibility index (Phi) is 6.04. The molecule has 0 amide bonds. The number of hydrogen-bond acceptors (Lipinski definition) is 6. The van der Waals surface area contributed by atoms with E-state index in [0.717, 1.165) is 19.3 Å². The smallest absolute Gasteiger partial charge is 0.355 e. The molecule has 0 unspecified atom stereocenters. The minimum atomic E-state index is -0.612. The Hall–Kier alpha value is -1.13. The van der Waals surface area contributed by atoms with E-state index in [1.165, 1.54) is 14.2 Å². The molecule has 0 fully saturated rings. The first kappa shape index (κ1) is 18.2. The lowest BCUT2D eigenvalue weighted by atomic mass is 10.1. The van der Waals surface area contributed by atoms with Crippen LogP contribution in [0.15, 0.2) is 27.9 Å². The number of benzene rings is 1. The van der Waals surface area contributed by atoms with Crippen molar-refractivity contribution in [3.63, 3.8) is 0 Å². The molecule has 2 rings (SSSR count). The summed E-state index contributed by atoms with van der Waals surface area (Å²) >= 11 is 5.67. The zero-order valence-corrected chi connectivity index (χ0v) is 16.6. The third-order valence-corrected chi connectivity index (χ3v) is 5.64. The summed E-state index contributed by atoms with van der Waals surface area (Å²) in [6, 6.07) is 3.74. The minimum absolute atomic E-state index is 0.000302. The fraction of sp³-hybridized carbons (Fsp3) is 0.333. The van der Waals surface area contributed by atoms with Crippen molar-refractivity contribution in [3.8, 4) is 0 Å². The first-order valence-corrected chi connectivity index (χ1v) is 8.49. The van der Waals surface area contributed by atoms with E-state index < -0.39 is 11.9 Å². The summed E-state index contributed by atoms with van der Waals surface area (Å²) in [4.78, 5) is 25.9. The van der Waals surface area contributed by atoms with Crippen molar-refractivity contribution in [1.29, 1.82) is 0 Å². The summed E-state index contributed by atoms with van der Waals surface area (Å²) in [5.74, 6) is -1.22.